The molecule has 0 bridgehead atoms. The van der Waals surface area contributed by atoms with Crippen LogP contribution in [0.4, 0.5) is 0 Å². The number of rotatable bonds is 2. The monoisotopic (exact) mass is 217 g/mol. The lowest BCUT2D eigenvalue weighted by molar-refractivity contribution is -0.410. The molecule has 0 saturated heterocycles. The predicted molar refractivity (Wildman–Crippen MR) is 52.3 cm³/mol. The van der Waals surface area contributed by atoms with Crippen LogP contribution >= 0.6 is 23.2 Å². The van der Waals surface area contributed by atoms with E-state index < -0.39 is 10.1 Å². The maximum Gasteiger partial charge on any atom is 0.337 e. The molecule has 0 saturated carbocycles. The average Bonchev–Trinajstić information content (AvgIpc) is 2.08. The van der Waals surface area contributed by atoms with Gasteiger partial charge in [0, 0.05) is 16.7 Å². The molecule has 0 N–H and O–H groups in total. The fourth-order valence-electron chi connectivity index (χ4n) is 0.773. The summed E-state index contributed by atoms with van der Waals surface area (Å²) in [4.78, 5) is 9.50. The summed E-state index contributed by atoms with van der Waals surface area (Å²) in [6.07, 6.45) is 1.21. The fourth-order valence-corrected chi connectivity index (χ4v) is 1.08. The van der Waals surface area contributed by atoms with Gasteiger partial charge < -0.3 is 0 Å². The molecule has 0 aliphatic carbocycles. The van der Waals surface area contributed by atoms with Gasteiger partial charge in [-0.2, -0.15) is 0 Å². The van der Waals surface area contributed by atoms with Crippen molar-refractivity contribution < 1.29 is 4.92 Å². The summed E-state index contributed by atoms with van der Waals surface area (Å²) in [5.41, 5.74) is 0.533. The zero-order valence-electron chi connectivity index (χ0n) is 6.41. The van der Waals surface area contributed by atoms with E-state index in [-0.39, 0.29) is 0 Å². The van der Waals surface area contributed by atoms with Crippen LogP contribution in [0.5, 0.6) is 0 Å². The van der Waals surface area contributed by atoms with Crippen LogP contribution in [0.15, 0.2) is 29.4 Å². The van der Waals surface area contributed by atoms with Gasteiger partial charge in [-0.25, -0.2) is 0 Å². The van der Waals surface area contributed by atoms with Gasteiger partial charge in [0.05, 0.1) is 4.92 Å². The first-order valence-electron chi connectivity index (χ1n) is 3.37. The topological polar surface area (TPSA) is 43.1 Å². The van der Waals surface area contributed by atoms with Gasteiger partial charge in [0.15, 0.2) is 0 Å². The second kappa shape index (κ2) is 4.25. The molecule has 0 atom stereocenters. The summed E-state index contributed by atoms with van der Waals surface area (Å²) in [5, 5.41) is 10.2. The molecule has 3 nitrogen and oxygen atoms in total. The predicted octanol–water partition coefficient (Wildman–Crippen LogP) is 3.15. The Hall–Kier alpha value is -1.06. The van der Waals surface area contributed by atoms with Crippen LogP contribution in [-0.4, -0.2) is 4.92 Å². The van der Waals surface area contributed by atoms with E-state index >= 15 is 0 Å². The van der Waals surface area contributed by atoms with Gasteiger partial charge in [-0.3, -0.25) is 10.1 Å². The average molecular weight is 218 g/mol. The van der Waals surface area contributed by atoms with Gasteiger partial charge >= 0.3 is 5.16 Å². The maximum atomic E-state index is 10.2. The quantitative estimate of drug-likeness (QED) is 0.434. The van der Waals surface area contributed by atoms with Gasteiger partial charge in [-0.05, 0) is 17.7 Å². The van der Waals surface area contributed by atoms with Crippen LogP contribution in [0.2, 0.25) is 5.02 Å². The molecular formula is C8H5Cl2NO2. The number of nitro groups is 1. The van der Waals surface area contributed by atoms with Gasteiger partial charge in [-0.15, -0.1) is 0 Å². The van der Waals surface area contributed by atoms with Crippen LogP contribution < -0.4 is 0 Å². The number of hydrogen-bond acceptors (Lipinski definition) is 2. The largest absolute Gasteiger partial charge is 0.337 e. The van der Waals surface area contributed by atoms with E-state index in [1.807, 2.05) is 0 Å². The number of nitrogens with zero attached hydrogens (tertiary/aromatic N) is 1. The Morgan fingerprint density at radius 1 is 1.46 bits per heavy atom. The van der Waals surface area contributed by atoms with Gasteiger partial charge in [-0.1, -0.05) is 29.8 Å². The molecule has 0 aliphatic heterocycles. The van der Waals surface area contributed by atoms with Gasteiger partial charge in [0.1, 0.15) is 0 Å². The van der Waals surface area contributed by atoms with Crippen molar-refractivity contribution in [3.05, 3.63) is 50.1 Å². The maximum absolute atomic E-state index is 10.2. The van der Waals surface area contributed by atoms with Crippen molar-refractivity contribution in [2.24, 2.45) is 0 Å². The molecule has 1 rings (SSSR count). The summed E-state index contributed by atoms with van der Waals surface area (Å²) in [7, 11) is 0. The highest BCUT2D eigenvalue weighted by Gasteiger charge is 2.06. The molecule has 0 aromatic heterocycles. The number of benzene rings is 1. The van der Waals surface area contributed by atoms with Crippen molar-refractivity contribution in [1.82, 2.24) is 0 Å². The Morgan fingerprint density at radius 2 is 2.08 bits per heavy atom. The van der Waals surface area contributed by atoms with Crippen LogP contribution in [0.3, 0.4) is 0 Å². The fraction of sp³-hybridized carbons (Fsp3) is 0. The second-order valence-electron chi connectivity index (χ2n) is 2.25. The molecule has 0 fully saturated rings. The zero-order chi connectivity index (χ0) is 9.84. The van der Waals surface area contributed by atoms with E-state index in [9.17, 15) is 10.1 Å². The minimum Gasteiger partial charge on any atom is -0.257 e. The van der Waals surface area contributed by atoms with E-state index in [2.05, 4.69) is 0 Å². The molecule has 1 aromatic rings. The van der Waals surface area contributed by atoms with E-state index in [1.54, 1.807) is 24.3 Å². The lowest BCUT2D eigenvalue weighted by Gasteiger charge is -1.94. The highest BCUT2D eigenvalue weighted by atomic mass is 35.5. The third-order valence-electron chi connectivity index (χ3n) is 1.35. The highest BCUT2D eigenvalue weighted by Crippen LogP contribution is 2.19. The first-order valence-corrected chi connectivity index (χ1v) is 4.13. The molecule has 0 amide bonds. The lowest BCUT2D eigenvalue weighted by atomic mass is 10.2. The normalized spacial score (nSPS) is 11.4. The van der Waals surface area contributed by atoms with Crippen molar-refractivity contribution >= 4 is 29.3 Å². The Morgan fingerprint density at radius 3 is 2.62 bits per heavy atom. The molecule has 0 unspecified atom stereocenters. The zero-order valence-corrected chi connectivity index (χ0v) is 7.92. The van der Waals surface area contributed by atoms with Gasteiger partial charge in [0.25, 0.3) is 0 Å². The minimum atomic E-state index is -0.676. The standard InChI is InChI=1S/C8H5Cl2NO2/c9-7-4-2-1-3-6(7)5-8(10)11(12)13/h1-5H/b8-5+. The van der Waals surface area contributed by atoms with E-state index in [1.165, 1.54) is 6.08 Å². The molecule has 5 heteroatoms. The molecule has 1 aromatic carbocycles. The molecule has 13 heavy (non-hydrogen) atoms. The van der Waals surface area contributed by atoms with Crippen LogP contribution in [0, 0.1) is 10.1 Å². The van der Waals surface area contributed by atoms with Crippen molar-refractivity contribution in [3.8, 4) is 0 Å². The van der Waals surface area contributed by atoms with Crippen molar-refractivity contribution in [2.45, 2.75) is 0 Å². The summed E-state index contributed by atoms with van der Waals surface area (Å²) in [5.74, 6) is 0. The Bertz CT molecular complexity index is 363. The first kappa shape index (κ1) is 10.0. The third kappa shape index (κ3) is 2.72. The van der Waals surface area contributed by atoms with Crippen LogP contribution in [0.1, 0.15) is 5.56 Å². The van der Waals surface area contributed by atoms with E-state index in [0.717, 1.165) is 0 Å². The smallest absolute Gasteiger partial charge is 0.257 e. The SMILES string of the molecule is O=[N+]([O-])/C(Cl)=C/c1ccccc1Cl. The van der Waals surface area contributed by atoms with Crippen LogP contribution in [0.25, 0.3) is 6.08 Å². The summed E-state index contributed by atoms with van der Waals surface area (Å²) >= 11 is 11.1. The molecule has 0 spiro atoms. The summed E-state index contributed by atoms with van der Waals surface area (Å²) < 4.78 is 0. The molecule has 0 aliphatic rings. The summed E-state index contributed by atoms with van der Waals surface area (Å²) in [6, 6.07) is 6.74. The molecule has 68 valence electrons. The number of hydrogen-bond donors (Lipinski definition) is 0. The third-order valence-corrected chi connectivity index (χ3v) is 1.95. The van der Waals surface area contributed by atoms with E-state index in [0.29, 0.717) is 10.6 Å². The molecular weight excluding hydrogens is 213 g/mol. The minimum absolute atomic E-state index is 0.433. The Labute approximate surface area is 84.7 Å². The van der Waals surface area contributed by atoms with Crippen molar-refractivity contribution in [1.29, 1.82) is 0 Å². The van der Waals surface area contributed by atoms with Crippen LogP contribution in [-0.2, 0) is 0 Å². The highest BCUT2D eigenvalue weighted by molar-refractivity contribution is 6.33. The lowest BCUT2D eigenvalue weighted by Crippen LogP contribution is -1.90. The van der Waals surface area contributed by atoms with E-state index in [4.69, 9.17) is 23.2 Å². The molecule has 0 radical (unpaired) electrons. The number of halogens is 2. The van der Waals surface area contributed by atoms with Crippen molar-refractivity contribution in [2.75, 3.05) is 0 Å². The second-order valence-corrected chi connectivity index (χ2v) is 3.04. The van der Waals surface area contributed by atoms with Crippen molar-refractivity contribution in [3.63, 3.8) is 0 Å². The Kier molecular flexibility index (Phi) is 3.28. The first-order chi connectivity index (χ1) is 6.11. The summed E-state index contributed by atoms with van der Waals surface area (Å²) in [6.45, 7) is 0. The van der Waals surface area contributed by atoms with Gasteiger partial charge in [0.2, 0.25) is 0 Å². The molecule has 0 heterocycles. The Balaban J connectivity index is 3.04.